The van der Waals surface area contributed by atoms with E-state index in [4.69, 9.17) is 0 Å². The van der Waals surface area contributed by atoms with Gasteiger partial charge in [0.1, 0.15) is 10.8 Å². The van der Waals surface area contributed by atoms with Crippen molar-refractivity contribution in [2.45, 2.75) is 39.0 Å². The van der Waals surface area contributed by atoms with Crippen molar-refractivity contribution in [3.63, 3.8) is 0 Å². The zero-order chi connectivity index (χ0) is 23.8. The van der Waals surface area contributed by atoms with Gasteiger partial charge in [0.2, 0.25) is 10.0 Å². The van der Waals surface area contributed by atoms with Gasteiger partial charge in [-0.15, -0.1) is 11.3 Å². The van der Waals surface area contributed by atoms with Gasteiger partial charge in [0.15, 0.2) is 0 Å². The van der Waals surface area contributed by atoms with Crippen LogP contribution in [-0.2, 0) is 29.3 Å². The summed E-state index contributed by atoms with van der Waals surface area (Å²) < 4.78 is 81.9. The minimum atomic E-state index is -4.87. The van der Waals surface area contributed by atoms with Gasteiger partial charge in [-0.25, -0.2) is 12.8 Å². The van der Waals surface area contributed by atoms with Crippen molar-refractivity contribution in [2.75, 3.05) is 23.1 Å². The third-order valence-electron chi connectivity index (χ3n) is 5.85. The van der Waals surface area contributed by atoms with Gasteiger partial charge in [-0.05, 0) is 62.0 Å². The van der Waals surface area contributed by atoms with Gasteiger partial charge in [0.25, 0.3) is 0 Å². The number of hydrogen-bond acceptors (Lipinski definition) is 4. The number of fused-ring (bicyclic) bond motifs is 1. The molecule has 0 radical (unpaired) electrons. The first-order chi connectivity index (χ1) is 15.6. The zero-order valence-electron chi connectivity index (χ0n) is 18.0. The van der Waals surface area contributed by atoms with Crippen LogP contribution in [0, 0.1) is 5.82 Å². The third-order valence-corrected chi connectivity index (χ3v) is 8.91. The molecular weight excluding hydrogens is 476 g/mol. The number of halogens is 4. The van der Waals surface area contributed by atoms with E-state index in [0.29, 0.717) is 17.6 Å². The van der Waals surface area contributed by atoms with E-state index in [-0.39, 0.29) is 17.9 Å². The number of nitrogens with zero attached hydrogens (tertiary/aromatic N) is 2. The number of benzene rings is 2. The van der Waals surface area contributed by atoms with E-state index in [2.05, 4.69) is 4.90 Å². The van der Waals surface area contributed by atoms with E-state index in [9.17, 15) is 26.0 Å². The molecule has 0 atom stereocenters. The number of likely N-dealkylation sites (tertiary alicyclic amines) is 1. The molecule has 0 aliphatic carbocycles. The summed E-state index contributed by atoms with van der Waals surface area (Å²) in [7, 11) is -3.82. The second-order valence-electron chi connectivity index (χ2n) is 8.08. The third kappa shape index (κ3) is 5.02. The van der Waals surface area contributed by atoms with Crippen LogP contribution in [0.25, 0.3) is 10.1 Å². The monoisotopic (exact) mass is 500 g/mol. The molecular formula is C23H24F4N2O2S2. The second-order valence-corrected chi connectivity index (χ2v) is 11.3. The first kappa shape index (κ1) is 24.0. The van der Waals surface area contributed by atoms with Crippen molar-refractivity contribution >= 4 is 36.4 Å². The molecule has 1 saturated heterocycles. The lowest BCUT2D eigenvalue weighted by Gasteiger charge is -2.25. The Kier molecular flexibility index (Phi) is 6.70. The van der Waals surface area contributed by atoms with Crippen LogP contribution < -0.4 is 4.31 Å². The maximum Gasteiger partial charge on any atom is 0.419 e. The average Bonchev–Trinajstić information content (AvgIpc) is 3.41. The van der Waals surface area contributed by atoms with E-state index < -0.39 is 27.6 Å². The molecule has 1 aliphatic rings. The summed E-state index contributed by atoms with van der Waals surface area (Å²) in [6.45, 7) is 3.58. The Morgan fingerprint density at radius 2 is 1.79 bits per heavy atom. The fraction of sp³-hybridized carbons (Fsp3) is 0.391. The van der Waals surface area contributed by atoms with Crippen molar-refractivity contribution in [3.8, 4) is 0 Å². The Bertz CT molecular complexity index is 1250. The number of rotatable bonds is 7. The number of thiophene rings is 1. The predicted molar refractivity (Wildman–Crippen MR) is 123 cm³/mol. The molecule has 4 nitrogen and oxygen atoms in total. The van der Waals surface area contributed by atoms with Gasteiger partial charge in [-0.1, -0.05) is 24.3 Å². The van der Waals surface area contributed by atoms with Gasteiger partial charge in [0.05, 0.1) is 17.9 Å². The van der Waals surface area contributed by atoms with Gasteiger partial charge in [0, 0.05) is 16.8 Å². The summed E-state index contributed by atoms with van der Waals surface area (Å²) in [6.07, 6.45) is -2.72. The topological polar surface area (TPSA) is 40.6 Å². The maximum atomic E-state index is 13.8. The molecule has 0 N–H and O–H groups in total. The summed E-state index contributed by atoms with van der Waals surface area (Å²) in [4.78, 5) is 2.26. The molecule has 1 aromatic heterocycles. The summed E-state index contributed by atoms with van der Waals surface area (Å²) in [5, 5.41) is 1.44. The van der Waals surface area contributed by atoms with Crippen LogP contribution in [0.3, 0.4) is 0 Å². The van der Waals surface area contributed by atoms with Crippen LogP contribution in [0.2, 0.25) is 0 Å². The minimum Gasteiger partial charge on any atom is -0.299 e. The Morgan fingerprint density at radius 3 is 2.45 bits per heavy atom. The summed E-state index contributed by atoms with van der Waals surface area (Å²) in [5.74, 6) is -1.59. The van der Waals surface area contributed by atoms with Crippen LogP contribution in [-0.4, -0.2) is 32.2 Å². The molecule has 2 aromatic carbocycles. The molecule has 4 rings (SSSR count). The molecule has 2 heterocycles. The molecule has 33 heavy (non-hydrogen) atoms. The quantitative estimate of drug-likeness (QED) is 0.373. The van der Waals surface area contributed by atoms with E-state index in [0.717, 1.165) is 47.6 Å². The number of sulfonamides is 1. The van der Waals surface area contributed by atoms with Gasteiger partial charge in [-0.2, -0.15) is 13.2 Å². The van der Waals surface area contributed by atoms with Crippen molar-refractivity contribution < 1.29 is 26.0 Å². The molecule has 1 fully saturated rings. The number of anilines is 1. The van der Waals surface area contributed by atoms with E-state index in [1.54, 1.807) is 0 Å². The minimum absolute atomic E-state index is 0.0744. The lowest BCUT2D eigenvalue weighted by atomic mass is 10.1. The average molecular weight is 501 g/mol. The number of alkyl halides is 3. The van der Waals surface area contributed by atoms with E-state index in [1.165, 1.54) is 28.6 Å². The zero-order valence-corrected chi connectivity index (χ0v) is 19.7. The van der Waals surface area contributed by atoms with E-state index >= 15 is 0 Å². The smallest absolute Gasteiger partial charge is 0.299 e. The largest absolute Gasteiger partial charge is 0.419 e. The molecule has 0 unspecified atom stereocenters. The van der Waals surface area contributed by atoms with Crippen LogP contribution in [0.1, 0.15) is 36.5 Å². The molecule has 3 aromatic rings. The van der Waals surface area contributed by atoms with Crippen LogP contribution in [0.4, 0.5) is 22.6 Å². The second kappa shape index (κ2) is 9.23. The lowest BCUT2D eigenvalue weighted by Crippen LogP contribution is -2.32. The van der Waals surface area contributed by atoms with Crippen LogP contribution in [0.15, 0.2) is 42.5 Å². The lowest BCUT2D eigenvalue weighted by molar-refractivity contribution is -0.140. The predicted octanol–water partition coefficient (Wildman–Crippen LogP) is 6.01. The SMILES string of the molecule is CCS(=O)(=O)N(Cc1ccc(F)c(C(F)(F)F)c1)c1sc2ccccc2c1CN1CCCC1. The van der Waals surface area contributed by atoms with Crippen molar-refractivity contribution in [1.82, 2.24) is 4.90 Å². The fourth-order valence-electron chi connectivity index (χ4n) is 4.11. The van der Waals surface area contributed by atoms with Gasteiger partial charge < -0.3 is 0 Å². The van der Waals surface area contributed by atoms with Crippen molar-refractivity contribution in [2.24, 2.45) is 0 Å². The van der Waals surface area contributed by atoms with Crippen LogP contribution >= 0.6 is 11.3 Å². The summed E-state index contributed by atoms with van der Waals surface area (Å²) in [5.41, 5.74) is -0.472. The van der Waals surface area contributed by atoms with E-state index in [1.807, 2.05) is 24.3 Å². The van der Waals surface area contributed by atoms with Gasteiger partial charge in [-0.3, -0.25) is 9.21 Å². The Morgan fingerprint density at radius 1 is 1.09 bits per heavy atom. The highest BCUT2D eigenvalue weighted by molar-refractivity contribution is 7.92. The Hall–Kier alpha value is -2.17. The maximum absolute atomic E-state index is 13.8. The molecule has 178 valence electrons. The Labute approximate surface area is 194 Å². The molecule has 0 spiro atoms. The molecule has 1 aliphatic heterocycles. The molecule has 10 heteroatoms. The van der Waals surface area contributed by atoms with Crippen LogP contribution in [0.5, 0.6) is 0 Å². The normalized spacial score (nSPS) is 15.4. The first-order valence-corrected chi connectivity index (χ1v) is 13.1. The van der Waals surface area contributed by atoms with Gasteiger partial charge >= 0.3 is 6.18 Å². The summed E-state index contributed by atoms with van der Waals surface area (Å²) in [6, 6.07) is 10.3. The highest BCUT2D eigenvalue weighted by Crippen LogP contribution is 2.41. The fourth-order valence-corrected chi connectivity index (χ4v) is 6.70. The highest BCUT2D eigenvalue weighted by Gasteiger charge is 2.35. The summed E-state index contributed by atoms with van der Waals surface area (Å²) >= 11 is 1.31. The number of hydrogen-bond donors (Lipinski definition) is 0. The molecule has 0 amide bonds. The molecule has 0 bridgehead atoms. The standard InChI is InChI=1S/C23H24F4N2O2S2/c1-2-33(30,31)29(14-16-9-10-20(24)19(13-16)23(25,26)27)22-18(15-28-11-5-6-12-28)17-7-3-4-8-21(17)32-22/h3-4,7-10,13H,2,5-6,11-12,14-15H2,1H3. The van der Waals surface area contributed by atoms with Crippen molar-refractivity contribution in [1.29, 1.82) is 0 Å². The van der Waals surface area contributed by atoms with Crippen molar-refractivity contribution in [3.05, 3.63) is 65.0 Å². The molecule has 0 saturated carbocycles. The first-order valence-electron chi connectivity index (χ1n) is 10.7. The highest BCUT2D eigenvalue weighted by atomic mass is 32.2. The Balaban J connectivity index is 1.82.